The summed E-state index contributed by atoms with van der Waals surface area (Å²) in [6.45, 7) is 17.0. The van der Waals surface area contributed by atoms with E-state index in [9.17, 15) is 0 Å². The van der Waals surface area contributed by atoms with Crippen molar-refractivity contribution in [1.29, 1.82) is 5.41 Å². The molecule has 14 aromatic rings. The number of nitrogens with one attached hydrogen (secondary N) is 5. The fourth-order valence-electron chi connectivity index (χ4n) is 8.11. The van der Waals surface area contributed by atoms with Gasteiger partial charge in [-0.05, 0) is 109 Å². The Morgan fingerprint density at radius 1 is 0.456 bits per heavy atom. The molecule has 614 valence electrons. The van der Waals surface area contributed by atoms with E-state index in [0.29, 0.717) is 17.0 Å². The van der Waals surface area contributed by atoms with Crippen LogP contribution < -0.4 is 28.0 Å². The molecule has 0 unspecified atom stereocenters. The van der Waals surface area contributed by atoms with Crippen LogP contribution in [0.1, 0.15) is 119 Å². The van der Waals surface area contributed by atoms with Gasteiger partial charge in [0.05, 0.1) is 64.6 Å². The van der Waals surface area contributed by atoms with Crippen LogP contribution in [0.3, 0.4) is 0 Å². The minimum atomic E-state index is 0. The second-order valence-corrected chi connectivity index (χ2v) is 24.4. The molecule has 14 rings (SSSR count). The van der Waals surface area contributed by atoms with Crippen molar-refractivity contribution in [3.63, 3.8) is 0 Å². The summed E-state index contributed by atoms with van der Waals surface area (Å²) in [5.41, 5.74) is 24.4. The van der Waals surface area contributed by atoms with Crippen molar-refractivity contribution in [2.45, 2.75) is 116 Å². The van der Waals surface area contributed by atoms with Gasteiger partial charge in [0, 0.05) is 110 Å². The Morgan fingerprint density at radius 2 is 0.763 bits per heavy atom. The Labute approximate surface area is 690 Å². The Bertz CT molecular complexity index is 4200. The van der Waals surface area contributed by atoms with Crippen molar-refractivity contribution in [2.75, 3.05) is 31.8 Å². The number of anilines is 2. The van der Waals surface area contributed by atoms with Crippen LogP contribution in [0.4, 0.5) is 10.3 Å². The first-order valence-electron chi connectivity index (χ1n) is 35.5. The van der Waals surface area contributed by atoms with Crippen LogP contribution in [0.15, 0.2) is 267 Å². The summed E-state index contributed by atoms with van der Waals surface area (Å²) in [6, 6.07) is 62.7. The Balaban J connectivity index is -0.00000117. The minimum absolute atomic E-state index is 0. The average Bonchev–Trinajstić information content (AvgIpc) is 1.72. The van der Waals surface area contributed by atoms with Gasteiger partial charge < -0.3 is 32.5 Å². The van der Waals surface area contributed by atoms with Crippen LogP contribution in [0.25, 0.3) is 22.8 Å². The predicted molar refractivity (Wildman–Crippen MR) is 482 cm³/mol. The number of nitrogens with two attached hydrogens (primary N) is 3. The lowest BCUT2D eigenvalue weighted by Gasteiger charge is -1.89. The molecule has 6 aromatic carbocycles. The zero-order valence-electron chi connectivity index (χ0n) is 66.5. The molecule has 0 amide bonds. The van der Waals surface area contributed by atoms with Gasteiger partial charge >= 0.3 is 0 Å². The van der Waals surface area contributed by atoms with Gasteiger partial charge in [0.1, 0.15) is 5.84 Å². The minimum Gasteiger partial charge on any atom is -0.409 e. The molecular weight excluding hydrogens is 1490 g/mol. The molecule has 0 fully saturated rings. The highest BCUT2D eigenvalue weighted by molar-refractivity contribution is 7.78. The molecule has 29 heteroatoms. The van der Waals surface area contributed by atoms with Gasteiger partial charge in [-0.3, -0.25) is 34.3 Å². The molecule has 8 aromatic heterocycles. The predicted octanol–water partition coefficient (Wildman–Crippen LogP) is 18.1. The maximum atomic E-state index is 8.22. The molecule has 0 atom stereocenters. The van der Waals surface area contributed by atoms with Crippen LogP contribution in [-0.4, -0.2) is 127 Å². The average molecular weight is 1610 g/mol. The highest BCUT2D eigenvalue weighted by atomic mass is 32.1. The van der Waals surface area contributed by atoms with E-state index < -0.39 is 0 Å². The summed E-state index contributed by atoms with van der Waals surface area (Å²) < 4.78 is 15.0. The lowest BCUT2D eigenvalue weighted by molar-refractivity contribution is 0.311. The Kier molecular flexibility index (Phi) is 63.9. The number of isothiocyanates is 1. The van der Waals surface area contributed by atoms with Gasteiger partial charge in [-0.2, -0.15) is 49.3 Å². The second kappa shape index (κ2) is 68.8. The van der Waals surface area contributed by atoms with Crippen molar-refractivity contribution in [3.8, 4) is 22.8 Å². The largest absolute Gasteiger partial charge is 0.409 e. The standard InChI is InChI=1S/6C8H10.C7H9N5S.C6H7N5S.C5H8N4O.C5H8N4.C5H8N2.C4H6N2.C2H3NS.3CH4.H3NO/c6*1-2-8-6-4-3-5-7-8;1-8-7-10-6(11-13-7)5-3-9-12(2)4-5;1-7-6-10-5(11-12-6)4-2-8-9-3-4;1-9-3-4(2-7-9)5(6)8-10;1-9-3-4(2-8-9)5(6)7;1-5-3-6-7(2)4-5;1-4-2-5-6-3-4;1-3-2-4;;;;1-2/h6*3-7H,2H2,1H3;3-4H,1-2H3,(H,8,10,11);2-3H,1H3,(H,8,9)(H,7,10,11);2-3,10H,1H3,(H2,6,8);2-3H,1H3,(H3,6,7);3-4H,1-2H3;2-3H,1H3,(H,5,6);1H3;3*1H4;2H,1H2. The van der Waals surface area contributed by atoms with Gasteiger partial charge in [-0.1, -0.05) is 251 Å². The number of nitrogens with zero attached hydrogens (tertiary/aromatic N) is 16. The zero-order valence-corrected chi connectivity index (χ0v) is 68.9. The summed E-state index contributed by atoms with van der Waals surface area (Å²) in [5, 5.41) is 62.7. The number of amidine groups is 2. The SMILES string of the molecule is C.C.C.CCc1ccccc1.CCc1ccccc1.CCc1ccccc1.CCc1ccccc1.CCc1ccccc1.CCc1ccccc1.CN=C=S.CNc1nc(-c2cn[nH]c2)ns1.CNc1nc(-c2cnn(C)c2)ns1.Cc1cn[nH]c1.Cc1cnn(C)c1.Cn1cc(/C(N)=N/O)cn1.Cn1cc(C(=N)N)cn1.NO. The topological polar surface area (TPSA) is 371 Å². The van der Waals surface area contributed by atoms with Gasteiger partial charge in [0.25, 0.3) is 0 Å². The highest BCUT2D eigenvalue weighted by Gasteiger charge is 2.07. The van der Waals surface area contributed by atoms with Crippen molar-refractivity contribution in [3.05, 3.63) is 312 Å². The number of benzene rings is 6. The van der Waals surface area contributed by atoms with E-state index in [1.165, 1.54) is 73.8 Å². The molecule has 13 N–H and O–H groups in total. The van der Waals surface area contributed by atoms with E-state index in [0.717, 1.165) is 65.7 Å². The number of aliphatic imine (C=N–C) groups is 1. The maximum absolute atomic E-state index is 8.22. The number of aromatic nitrogens is 16. The summed E-state index contributed by atoms with van der Waals surface area (Å²) >= 11 is 6.81. The lowest BCUT2D eigenvalue weighted by atomic mass is 10.2. The fraction of sp³-hybridized carbons (Fsp3) is 0.282. The first-order chi connectivity index (χ1) is 53.8. The number of aryl methyl sites for hydroxylation is 12. The van der Waals surface area contributed by atoms with E-state index >= 15 is 0 Å². The summed E-state index contributed by atoms with van der Waals surface area (Å²) in [6.07, 6.45) is 27.8. The molecule has 0 saturated carbocycles. The Hall–Kier alpha value is -12.2. The normalized spacial score (nSPS) is 9.11. The summed E-state index contributed by atoms with van der Waals surface area (Å²) in [4.78, 5) is 11.8. The van der Waals surface area contributed by atoms with Crippen LogP contribution in [0, 0.1) is 19.3 Å². The number of thiocarbonyl (C=S) groups is 1. The smallest absolute Gasteiger partial charge is 0.202 e. The van der Waals surface area contributed by atoms with Crippen molar-refractivity contribution in [2.24, 2.45) is 55.7 Å². The van der Waals surface area contributed by atoms with Crippen molar-refractivity contribution < 1.29 is 10.4 Å². The molecule has 0 bridgehead atoms. The number of oxime groups is 1. The molecular formula is C85H124N24O2S3. The van der Waals surface area contributed by atoms with Crippen LogP contribution in [-0.2, 0) is 66.7 Å². The molecule has 8 heterocycles. The third kappa shape index (κ3) is 50.5. The first kappa shape index (κ1) is 106. The van der Waals surface area contributed by atoms with E-state index in [1.54, 1.807) is 83.2 Å². The lowest BCUT2D eigenvalue weighted by Crippen LogP contribution is -2.11. The zero-order chi connectivity index (χ0) is 82.1. The van der Waals surface area contributed by atoms with E-state index in [2.05, 4.69) is 291 Å². The van der Waals surface area contributed by atoms with Gasteiger partial charge in [0.15, 0.2) is 17.5 Å². The quantitative estimate of drug-likeness (QED) is 0.0179. The highest BCUT2D eigenvalue weighted by Crippen LogP contribution is 2.20. The number of aromatic amines is 2. The van der Waals surface area contributed by atoms with Crippen LogP contribution in [0.5, 0.6) is 0 Å². The fourth-order valence-corrected chi connectivity index (χ4v) is 9.18. The van der Waals surface area contributed by atoms with Crippen molar-refractivity contribution >= 4 is 62.4 Å². The number of H-pyrrole nitrogens is 2. The van der Waals surface area contributed by atoms with Crippen molar-refractivity contribution in [1.82, 2.24) is 78.2 Å². The third-order valence-electron chi connectivity index (χ3n) is 14.2. The Morgan fingerprint density at radius 3 is 0.947 bits per heavy atom. The van der Waals surface area contributed by atoms with Crippen LogP contribution in [0.2, 0.25) is 0 Å². The third-order valence-corrected chi connectivity index (χ3v) is 15.8. The van der Waals surface area contributed by atoms with Gasteiger partial charge in [-0.25, -0.2) is 10.9 Å². The number of rotatable bonds is 12. The summed E-state index contributed by atoms with van der Waals surface area (Å²) in [5.74, 6) is 5.07. The van der Waals surface area contributed by atoms with Gasteiger partial charge in [0.2, 0.25) is 10.3 Å². The number of hydrogen-bond acceptors (Lipinski definition) is 21. The van der Waals surface area contributed by atoms with E-state index in [1.807, 2.05) is 103 Å². The first-order valence-corrected chi connectivity index (χ1v) is 37.4. The monoisotopic (exact) mass is 1610 g/mol. The molecule has 0 spiro atoms. The molecule has 0 radical (unpaired) electrons. The van der Waals surface area contributed by atoms with Crippen LogP contribution >= 0.6 is 35.3 Å². The molecule has 0 aliphatic carbocycles. The second-order valence-electron chi connectivity index (χ2n) is 22.8. The van der Waals surface area contributed by atoms with E-state index in [-0.39, 0.29) is 34.0 Å². The maximum Gasteiger partial charge on any atom is 0.202 e. The molecule has 26 nitrogen and oxygen atoms in total. The molecule has 114 heavy (non-hydrogen) atoms. The molecule has 0 saturated heterocycles. The molecule has 0 aliphatic heterocycles. The number of hydrogen-bond donors (Lipinski definition) is 10. The molecule has 0 aliphatic rings. The number of nitrogen functional groups attached to an aromatic ring is 1. The van der Waals surface area contributed by atoms with Gasteiger partial charge in [-0.15, -0.1) is 0 Å². The summed E-state index contributed by atoms with van der Waals surface area (Å²) in [7, 11) is 12.6. The van der Waals surface area contributed by atoms with E-state index in [4.69, 9.17) is 27.3 Å².